The Labute approximate surface area is 120 Å². The molecule has 0 spiro atoms. The second-order valence-electron chi connectivity index (χ2n) is 5.48. The van der Waals surface area contributed by atoms with Crippen LogP contribution in [0.4, 0.5) is 0 Å². The highest BCUT2D eigenvalue weighted by atomic mass is 16.4. The Morgan fingerprint density at radius 1 is 1.40 bits per heavy atom. The number of rotatable bonds is 8. The van der Waals surface area contributed by atoms with Crippen LogP contribution in [0.25, 0.3) is 0 Å². The van der Waals surface area contributed by atoms with Gasteiger partial charge in [-0.05, 0) is 37.3 Å². The first-order valence-electron chi connectivity index (χ1n) is 7.09. The molecule has 1 aromatic rings. The maximum atomic E-state index is 12.1. The van der Waals surface area contributed by atoms with E-state index in [1.54, 1.807) is 6.07 Å². The Hall–Kier alpha value is -1.78. The van der Waals surface area contributed by atoms with E-state index >= 15 is 0 Å². The molecule has 0 radical (unpaired) electrons. The predicted molar refractivity (Wildman–Crippen MR) is 77.6 cm³/mol. The number of carboxylic acid groups (broad SMARTS) is 1. The minimum Gasteiger partial charge on any atom is -0.481 e. The summed E-state index contributed by atoms with van der Waals surface area (Å²) >= 11 is 0. The van der Waals surface area contributed by atoms with Crippen molar-refractivity contribution in [1.29, 1.82) is 0 Å². The fourth-order valence-electron chi connectivity index (χ4n) is 2.38. The fraction of sp³-hybridized carbons (Fsp3) is 0.600. The van der Waals surface area contributed by atoms with Crippen molar-refractivity contribution in [3.63, 3.8) is 0 Å². The largest absolute Gasteiger partial charge is 0.481 e. The van der Waals surface area contributed by atoms with Crippen LogP contribution >= 0.6 is 0 Å². The minimum absolute atomic E-state index is 0.0264. The first-order valence-corrected chi connectivity index (χ1v) is 7.09. The molecule has 0 bridgehead atoms. The van der Waals surface area contributed by atoms with E-state index in [4.69, 9.17) is 5.11 Å². The topological polar surface area (TPSA) is 71.3 Å². The molecule has 0 aromatic carbocycles. The van der Waals surface area contributed by atoms with E-state index < -0.39 is 5.97 Å². The molecule has 0 aliphatic rings. The molecular weight excluding hydrogens is 256 g/mol. The van der Waals surface area contributed by atoms with Crippen LogP contribution in [-0.4, -0.2) is 28.1 Å². The van der Waals surface area contributed by atoms with Gasteiger partial charge in [0.25, 0.3) is 5.91 Å². The van der Waals surface area contributed by atoms with Crippen molar-refractivity contribution < 1.29 is 14.7 Å². The van der Waals surface area contributed by atoms with Gasteiger partial charge in [0.15, 0.2) is 0 Å². The van der Waals surface area contributed by atoms with Crippen LogP contribution in [0.3, 0.4) is 0 Å². The number of aryl methyl sites for hydroxylation is 1. The number of aromatic nitrogens is 1. The van der Waals surface area contributed by atoms with Crippen LogP contribution in [0.1, 0.15) is 44.1 Å². The average Bonchev–Trinajstić information content (AvgIpc) is 2.82. The molecule has 20 heavy (non-hydrogen) atoms. The van der Waals surface area contributed by atoms with E-state index in [0.717, 1.165) is 13.0 Å². The lowest BCUT2D eigenvalue weighted by atomic mass is 9.94. The van der Waals surface area contributed by atoms with E-state index in [9.17, 15) is 9.59 Å². The zero-order valence-electron chi connectivity index (χ0n) is 12.4. The summed E-state index contributed by atoms with van der Waals surface area (Å²) in [6.45, 7) is 7.22. The van der Waals surface area contributed by atoms with E-state index in [-0.39, 0.29) is 18.2 Å². The molecule has 1 aromatic heterocycles. The van der Waals surface area contributed by atoms with Gasteiger partial charge < -0.3 is 15.0 Å². The van der Waals surface area contributed by atoms with Gasteiger partial charge in [-0.15, -0.1) is 0 Å². The number of aliphatic carboxylic acids is 1. The average molecular weight is 280 g/mol. The third-order valence-corrected chi connectivity index (χ3v) is 3.22. The quantitative estimate of drug-likeness (QED) is 0.768. The summed E-state index contributed by atoms with van der Waals surface area (Å²) in [5.74, 6) is -0.574. The Kier molecular flexibility index (Phi) is 6.28. The second kappa shape index (κ2) is 7.72. The smallest absolute Gasteiger partial charge is 0.303 e. The number of hydrogen-bond donors (Lipinski definition) is 2. The molecule has 1 amide bonds. The number of carbonyl (C=O) groups excluding carboxylic acids is 1. The van der Waals surface area contributed by atoms with Crippen LogP contribution in [-0.2, 0) is 11.3 Å². The third kappa shape index (κ3) is 5.07. The molecule has 0 saturated heterocycles. The molecule has 1 heterocycles. The highest BCUT2D eigenvalue weighted by Crippen LogP contribution is 2.15. The first kappa shape index (κ1) is 16.3. The molecule has 112 valence electrons. The molecule has 2 N–H and O–H groups in total. The van der Waals surface area contributed by atoms with Crippen LogP contribution in [0.15, 0.2) is 18.3 Å². The number of hydrogen-bond acceptors (Lipinski definition) is 2. The molecule has 0 unspecified atom stereocenters. The van der Waals surface area contributed by atoms with Crippen LogP contribution in [0, 0.1) is 11.8 Å². The molecule has 0 aliphatic heterocycles. The lowest BCUT2D eigenvalue weighted by Gasteiger charge is -2.18. The molecule has 1 atom stereocenters. The van der Waals surface area contributed by atoms with Crippen molar-refractivity contribution in [3.05, 3.63) is 24.0 Å². The molecule has 5 heteroatoms. The lowest BCUT2D eigenvalue weighted by molar-refractivity contribution is -0.138. The van der Waals surface area contributed by atoms with Gasteiger partial charge in [-0.2, -0.15) is 0 Å². The summed E-state index contributed by atoms with van der Waals surface area (Å²) in [7, 11) is 0. The SMILES string of the molecule is CCn1cccc1C(=O)NC[C@H](CC(=O)O)CC(C)C. The molecule has 0 aliphatic carbocycles. The Balaban J connectivity index is 2.58. The highest BCUT2D eigenvalue weighted by molar-refractivity contribution is 5.92. The van der Waals surface area contributed by atoms with E-state index in [1.807, 2.05) is 23.8 Å². The molecule has 0 fully saturated rings. The van der Waals surface area contributed by atoms with Gasteiger partial charge in [0, 0.05) is 25.7 Å². The van der Waals surface area contributed by atoms with Crippen molar-refractivity contribution in [2.24, 2.45) is 11.8 Å². The predicted octanol–water partition coefficient (Wildman–Crippen LogP) is 2.37. The zero-order valence-corrected chi connectivity index (χ0v) is 12.4. The number of nitrogens with one attached hydrogen (secondary N) is 1. The van der Waals surface area contributed by atoms with Gasteiger partial charge in [-0.3, -0.25) is 9.59 Å². The van der Waals surface area contributed by atoms with Crippen LogP contribution < -0.4 is 5.32 Å². The van der Waals surface area contributed by atoms with Crippen molar-refractivity contribution in [1.82, 2.24) is 9.88 Å². The summed E-state index contributed by atoms with van der Waals surface area (Å²) in [5, 5.41) is 11.8. The van der Waals surface area contributed by atoms with Crippen LogP contribution in [0.2, 0.25) is 0 Å². The summed E-state index contributed by atoms with van der Waals surface area (Å²) in [6.07, 6.45) is 2.74. The highest BCUT2D eigenvalue weighted by Gasteiger charge is 2.17. The van der Waals surface area contributed by atoms with E-state index in [1.165, 1.54) is 0 Å². The number of carbonyl (C=O) groups is 2. The molecular formula is C15H24N2O3. The molecule has 5 nitrogen and oxygen atoms in total. The van der Waals surface area contributed by atoms with Gasteiger partial charge in [0.05, 0.1) is 0 Å². The fourth-order valence-corrected chi connectivity index (χ4v) is 2.38. The third-order valence-electron chi connectivity index (χ3n) is 3.22. The lowest BCUT2D eigenvalue weighted by Crippen LogP contribution is -2.32. The summed E-state index contributed by atoms with van der Waals surface area (Å²) in [5.41, 5.74) is 0.617. The van der Waals surface area contributed by atoms with Gasteiger partial charge in [0.2, 0.25) is 0 Å². The monoisotopic (exact) mass is 280 g/mol. The van der Waals surface area contributed by atoms with Gasteiger partial charge in [0.1, 0.15) is 5.69 Å². The standard InChI is InChI=1S/C15H24N2O3/c1-4-17-7-5-6-13(17)15(20)16-10-12(8-11(2)3)9-14(18)19/h5-7,11-12H,4,8-10H2,1-3H3,(H,16,20)(H,18,19)/t12-/m0/s1. The van der Waals surface area contributed by atoms with E-state index in [0.29, 0.717) is 18.2 Å². The second-order valence-corrected chi connectivity index (χ2v) is 5.48. The first-order chi connectivity index (χ1) is 9.43. The van der Waals surface area contributed by atoms with Gasteiger partial charge in [-0.25, -0.2) is 0 Å². The van der Waals surface area contributed by atoms with Crippen molar-refractivity contribution in [2.75, 3.05) is 6.54 Å². The number of carboxylic acids is 1. The van der Waals surface area contributed by atoms with Crippen molar-refractivity contribution >= 4 is 11.9 Å². The normalized spacial score (nSPS) is 12.4. The number of nitrogens with zero attached hydrogens (tertiary/aromatic N) is 1. The molecule has 1 rings (SSSR count). The maximum Gasteiger partial charge on any atom is 0.303 e. The summed E-state index contributed by atoms with van der Waals surface area (Å²) in [6, 6.07) is 3.61. The maximum absolute atomic E-state index is 12.1. The zero-order chi connectivity index (χ0) is 15.1. The minimum atomic E-state index is -0.818. The van der Waals surface area contributed by atoms with E-state index in [2.05, 4.69) is 19.2 Å². The Morgan fingerprint density at radius 2 is 2.10 bits per heavy atom. The van der Waals surface area contributed by atoms with Crippen LogP contribution in [0.5, 0.6) is 0 Å². The van der Waals surface area contributed by atoms with Gasteiger partial charge in [-0.1, -0.05) is 13.8 Å². The Bertz CT molecular complexity index is 452. The number of amides is 1. The van der Waals surface area contributed by atoms with Crippen molar-refractivity contribution in [3.8, 4) is 0 Å². The van der Waals surface area contributed by atoms with Crippen molar-refractivity contribution in [2.45, 2.75) is 40.2 Å². The van der Waals surface area contributed by atoms with Gasteiger partial charge >= 0.3 is 5.97 Å². The summed E-state index contributed by atoms with van der Waals surface area (Å²) < 4.78 is 1.87. The molecule has 0 saturated carbocycles. The Morgan fingerprint density at radius 3 is 2.65 bits per heavy atom. The summed E-state index contributed by atoms with van der Waals surface area (Å²) in [4.78, 5) is 22.9.